The van der Waals surface area contributed by atoms with E-state index in [-0.39, 0.29) is 18.4 Å². The number of rotatable bonds is 7. The Kier molecular flexibility index (Phi) is 7.61. The first kappa shape index (κ1) is 21.3. The predicted octanol–water partition coefficient (Wildman–Crippen LogP) is 5.91. The molecule has 0 heterocycles. The second-order valence-corrected chi connectivity index (χ2v) is 8.18. The Hall–Kier alpha value is -2.44. The van der Waals surface area contributed by atoms with Crippen LogP contribution in [0.4, 0.5) is 0 Å². The van der Waals surface area contributed by atoms with Crippen LogP contribution in [0.25, 0.3) is 0 Å². The van der Waals surface area contributed by atoms with Crippen molar-refractivity contribution in [2.75, 3.05) is 6.61 Å². The number of nitrogens with zero attached hydrogens (tertiary/aromatic N) is 1. The quantitative estimate of drug-likeness (QED) is 0.314. The lowest BCUT2D eigenvalue weighted by molar-refractivity contribution is -0.123. The van der Waals surface area contributed by atoms with Gasteiger partial charge in [-0.1, -0.05) is 76.6 Å². The number of ether oxygens (including phenoxy) is 1. The van der Waals surface area contributed by atoms with Crippen LogP contribution in [0.3, 0.4) is 0 Å². The predicted molar refractivity (Wildman–Crippen MR) is 123 cm³/mol. The maximum absolute atomic E-state index is 12.2. The van der Waals surface area contributed by atoms with Gasteiger partial charge in [-0.15, -0.1) is 0 Å². The smallest absolute Gasteiger partial charge is 0.277 e. The minimum Gasteiger partial charge on any atom is -0.483 e. The standard InChI is InChI=1S/C23H20Br2N2O2/c1-16(23(17-8-4-2-5-9-17)18-10-6-3-7-11-18)26-27-22(28)15-29-21-13-12-19(24)14-20(21)25/h2-14,23H,15H2,1H3,(H,27,28)/b26-16+. The molecule has 1 N–H and O–H groups in total. The fraction of sp³-hybridized carbons (Fsp3) is 0.130. The molecule has 0 bridgehead atoms. The Balaban J connectivity index is 1.69. The first-order chi connectivity index (χ1) is 14.0. The molecule has 0 spiro atoms. The third-order valence-electron chi connectivity index (χ3n) is 4.29. The van der Waals surface area contributed by atoms with Gasteiger partial charge < -0.3 is 4.74 Å². The van der Waals surface area contributed by atoms with Gasteiger partial charge in [0, 0.05) is 16.1 Å². The van der Waals surface area contributed by atoms with Gasteiger partial charge in [0.2, 0.25) is 0 Å². The van der Waals surface area contributed by atoms with Crippen LogP contribution in [0.5, 0.6) is 5.75 Å². The molecule has 3 aromatic carbocycles. The number of halogens is 2. The highest BCUT2D eigenvalue weighted by Gasteiger charge is 2.17. The lowest BCUT2D eigenvalue weighted by atomic mass is 9.88. The van der Waals surface area contributed by atoms with Crippen molar-refractivity contribution in [2.45, 2.75) is 12.8 Å². The largest absolute Gasteiger partial charge is 0.483 e. The molecule has 3 rings (SSSR count). The fourth-order valence-corrected chi connectivity index (χ4v) is 4.11. The van der Waals surface area contributed by atoms with Crippen molar-refractivity contribution in [1.82, 2.24) is 5.43 Å². The van der Waals surface area contributed by atoms with Gasteiger partial charge in [-0.3, -0.25) is 4.79 Å². The van der Waals surface area contributed by atoms with Crippen molar-refractivity contribution in [2.24, 2.45) is 5.10 Å². The summed E-state index contributed by atoms with van der Waals surface area (Å²) in [6.45, 7) is 1.79. The monoisotopic (exact) mass is 514 g/mol. The normalized spacial score (nSPS) is 11.4. The van der Waals surface area contributed by atoms with Crippen LogP contribution in [0.1, 0.15) is 24.0 Å². The van der Waals surface area contributed by atoms with E-state index in [1.54, 1.807) is 6.07 Å². The number of amides is 1. The van der Waals surface area contributed by atoms with Gasteiger partial charge in [0.1, 0.15) is 5.75 Å². The zero-order valence-corrected chi connectivity index (χ0v) is 19.0. The van der Waals surface area contributed by atoms with Gasteiger partial charge in [0.25, 0.3) is 5.91 Å². The van der Waals surface area contributed by atoms with E-state index in [1.165, 1.54) is 0 Å². The van der Waals surface area contributed by atoms with Gasteiger partial charge in [-0.05, 0) is 52.2 Å². The first-order valence-corrected chi connectivity index (χ1v) is 10.6. The fourth-order valence-electron chi connectivity index (χ4n) is 2.95. The highest BCUT2D eigenvalue weighted by atomic mass is 79.9. The van der Waals surface area contributed by atoms with E-state index in [2.05, 4.69) is 66.7 Å². The molecule has 0 aliphatic heterocycles. The molecule has 0 fully saturated rings. The van der Waals surface area contributed by atoms with E-state index in [1.807, 2.05) is 55.5 Å². The summed E-state index contributed by atoms with van der Waals surface area (Å²) < 4.78 is 7.26. The summed E-state index contributed by atoms with van der Waals surface area (Å²) in [5.41, 5.74) is 5.63. The zero-order chi connectivity index (χ0) is 20.6. The summed E-state index contributed by atoms with van der Waals surface area (Å²) >= 11 is 6.80. The van der Waals surface area contributed by atoms with Crippen LogP contribution in [0.2, 0.25) is 0 Å². The van der Waals surface area contributed by atoms with Gasteiger partial charge in [-0.2, -0.15) is 5.10 Å². The molecule has 4 nitrogen and oxygen atoms in total. The molecule has 29 heavy (non-hydrogen) atoms. The highest BCUT2D eigenvalue weighted by Crippen LogP contribution is 2.28. The first-order valence-electron chi connectivity index (χ1n) is 9.05. The molecular weight excluding hydrogens is 496 g/mol. The van der Waals surface area contributed by atoms with Crippen LogP contribution < -0.4 is 10.2 Å². The number of hydrogen-bond donors (Lipinski definition) is 1. The van der Waals surface area contributed by atoms with Crippen LogP contribution in [0, 0.1) is 0 Å². The van der Waals surface area contributed by atoms with Gasteiger partial charge in [0.15, 0.2) is 6.61 Å². The van der Waals surface area contributed by atoms with E-state index in [0.717, 1.165) is 25.8 Å². The van der Waals surface area contributed by atoms with E-state index < -0.39 is 0 Å². The molecule has 0 atom stereocenters. The number of benzene rings is 3. The lowest BCUT2D eigenvalue weighted by Crippen LogP contribution is -2.26. The van der Waals surface area contributed by atoms with Crippen molar-refractivity contribution in [3.05, 3.63) is 98.9 Å². The Labute approximate surface area is 187 Å². The van der Waals surface area contributed by atoms with Crippen molar-refractivity contribution in [1.29, 1.82) is 0 Å². The number of nitrogens with one attached hydrogen (secondary N) is 1. The second-order valence-electron chi connectivity index (χ2n) is 6.41. The molecule has 0 aromatic heterocycles. The molecule has 148 valence electrons. The Morgan fingerprint density at radius 2 is 1.55 bits per heavy atom. The molecule has 1 amide bonds. The van der Waals surface area contributed by atoms with Crippen molar-refractivity contribution < 1.29 is 9.53 Å². The van der Waals surface area contributed by atoms with E-state index in [0.29, 0.717) is 5.75 Å². The molecule has 3 aromatic rings. The number of hydrogen-bond acceptors (Lipinski definition) is 3. The SMILES string of the molecule is C/C(=N\NC(=O)COc1ccc(Br)cc1Br)C(c1ccccc1)c1ccccc1. The Morgan fingerprint density at radius 1 is 0.966 bits per heavy atom. The maximum Gasteiger partial charge on any atom is 0.277 e. The summed E-state index contributed by atoms with van der Waals surface area (Å²) in [4.78, 5) is 12.2. The van der Waals surface area contributed by atoms with E-state index in [9.17, 15) is 4.79 Å². The van der Waals surface area contributed by atoms with Crippen LogP contribution in [0.15, 0.2) is 92.9 Å². The summed E-state index contributed by atoms with van der Waals surface area (Å²) in [5.74, 6) is 0.230. The third-order valence-corrected chi connectivity index (χ3v) is 5.41. The van der Waals surface area contributed by atoms with E-state index >= 15 is 0 Å². The van der Waals surface area contributed by atoms with Crippen molar-refractivity contribution >= 4 is 43.5 Å². The lowest BCUT2D eigenvalue weighted by Gasteiger charge is -2.18. The molecular formula is C23H20Br2N2O2. The molecule has 6 heteroatoms. The molecule has 0 aliphatic rings. The minimum atomic E-state index is -0.320. The average Bonchev–Trinajstić information content (AvgIpc) is 2.73. The average molecular weight is 516 g/mol. The molecule has 0 unspecified atom stereocenters. The molecule has 0 radical (unpaired) electrons. The third kappa shape index (κ3) is 6.02. The molecule has 0 aliphatic carbocycles. The number of carbonyl (C=O) groups excluding carboxylic acids is 1. The number of hydrazone groups is 1. The van der Waals surface area contributed by atoms with Crippen LogP contribution >= 0.6 is 31.9 Å². The van der Waals surface area contributed by atoms with E-state index in [4.69, 9.17) is 4.74 Å². The van der Waals surface area contributed by atoms with Gasteiger partial charge >= 0.3 is 0 Å². The van der Waals surface area contributed by atoms with Gasteiger partial charge in [-0.25, -0.2) is 5.43 Å². The molecule has 0 saturated heterocycles. The molecule has 0 saturated carbocycles. The van der Waals surface area contributed by atoms with Crippen LogP contribution in [-0.2, 0) is 4.79 Å². The summed E-state index contributed by atoms with van der Waals surface area (Å²) in [6.07, 6.45) is 0. The highest BCUT2D eigenvalue weighted by molar-refractivity contribution is 9.11. The topological polar surface area (TPSA) is 50.7 Å². The Bertz CT molecular complexity index is 953. The second kappa shape index (κ2) is 10.4. The summed E-state index contributed by atoms with van der Waals surface area (Å²) in [6, 6.07) is 25.7. The van der Waals surface area contributed by atoms with Crippen molar-refractivity contribution in [3.63, 3.8) is 0 Å². The van der Waals surface area contributed by atoms with Gasteiger partial charge in [0.05, 0.1) is 4.47 Å². The summed E-state index contributed by atoms with van der Waals surface area (Å²) in [5, 5.41) is 4.34. The zero-order valence-electron chi connectivity index (χ0n) is 15.8. The Morgan fingerprint density at radius 3 is 2.10 bits per heavy atom. The van der Waals surface area contributed by atoms with Crippen molar-refractivity contribution in [3.8, 4) is 5.75 Å². The maximum atomic E-state index is 12.2. The summed E-state index contributed by atoms with van der Waals surface area (Å²) in [7, 11) is 0. The minimum absolute atomic E-state index is 0.0424. The number of carbonyl (C=O) groups is 1. The van der Waals surface area contributed by atoms with Crippen LogP contribution in [-0.4, -0.2) is 18.2 Å².